The van der Waals surface area contributed by atoms with Crippen LogP contribution >= 0.6 is 0 Å². The lowest BCUT2D eigenvalue weighted by molar-refractivity contribution is -0.131. The molecule has 1 aromatic heterocycles. The second kappa shape index (κ2) is 7.58. The molecule has 7 nitrogen and oxygen atoms in total. The van der Waals surface area contributed by atoms with Crippen LogP contribution in [0.4, 0.5) is 5.69 Å². The van der Waals surface area contributed by atoms with Crippen LogP contribution in [0.3, 0.4) is 0 Å². The highest BCUT2D eigenvalue weighted by molar-refractivity contribution is 5.95. The zero-order chi connectivity index (χ0) is 20.5. The second-order valence-electron chi connectivity index (χ2n) is 7.53. The number of nitrogens with zero attached hydrogens (tertiary/aromatic N) is 3. The fourth-order valence-corrected chi connectivity index (χ4v) is 3.72. The molecule has 1 aliphatic heterocycles. The van der Waals surface area contributed by atoms with Gasteiger partial charge in [-0.1, -0.05) is 19.1 Å². The highest BCUT2D eigenvalue weighted by Crippen LogP contribution is 2.25. The third-order valence-electron chi connectivity index (χ3n) is 5.34. The topological polar surface area (TPSA) is 81.3 Å². The van der Waals surface area contributed by atoms with E-state index in [1.54, 1.807) is 23.9 Å². The average Bonchev–Trinajstić information content (AvgIpc) is 3.08. The van der Waals surface area contributed by atoms with Crippen LogP contribution in [0.2, 0.25) is 0 Å². The van der Waals surface area contributed by atoms with Gasteiger partial charge in [0.15, 0.2) is 0 Å². The van der Waals surface area contributed by atoms with E-state index in [1.807, 2.05) is 49.4 Å². The molecule has 1 atom stereocenters. The van der Waals surface area contributed by atoms with Crippen molar-refractivity contribution in [1.82, 2.24) is 19.8 Å². The molecule has 1 aliphatic rings. The Morgan fingerprint density at radius 3 is 2.83 bits per heavy atom. The summed E-state index contributed by atoms with van der Waals surface area (Å²) < 4.78 is 0. The number of hydrogen-bond donors (Lipinski definition) is 2. The Balaban J connectivity index is 1.54. The maximum atomic E-state index is 13.0. The third kappa shape index (κ3) is 3.68. The van der Waals surface area contributed by atoms with Crippen molar-refractivity contribution < 1.29 is 9.59 Å². The number of aromatic nitrogens is 2. The summed E-state index contributed by atoms with van der Waals surface area (Å²) in [6.45, 7) is 2.85. The maximum Gasteiger partial charge on any atom is 0.254 e. The number of H-pyrrole nitrogens is 1. The normalized spacial score (nSPS) is 16.3. The number of hydrogen-bond acceptors (Lipinski definition) is 4. The van der Waals surface area contributed by atoms with Gasteiger partial charge in [0.05, 0.1) is 17.6 Å². The number of imidazole rings is 1. The number of carbonyl (C=O) groups excluding carboxylic acids is 2. The summed E-state index contributed by atoms with van der Waals surface area (Å²) in [6.07, 6.45) is 0.712. The van der Waals surface area contributed by atoms with Crippen LogP contribution in [0, 0.1) is 0 Å². The Morgan fingerprint density at radius 2 is 2.07 bits per heavy atom. The zero-order valence-corrected chi connectivity index (χ0v) is 16.9. The molecule has 150 valence electrons. The molecule has 4 rings (SSSR count). The van der Waals surface area contributed by atoms with E-state index in [-0.39, 0.29) is 17.9 Å². The summed E-state index contributed by atoms with van der Waals surface area (Å²) >= 11 is 0. The van der Waals surface area contributed by atoms with Gasteiger partial charge in [-0.3, -0.25) is 9.59 Å². The first-order chi connectivity index (χ1) is 14.0. The predicted octanol–water partition coefficient (Wildman–Crippen LogP) is 3.00. The van der Waals surface area contributed by atoms with Crippen molar-refractivity contribution in [2.75, 3.05) is 19.4 Å². The van der Waals surface area contributed by atoms with E-state index in [1.165, 1.54) is 0 Å². The molecule has 0 radical (unpaired) electrons. The van der Waals surface area contributed by atoms with Gasteiger partial charge in [-0.15, -0.1) is 0 Å². The lowest BCUT2D eigenvalue weighted by Gasteiger charge is -2.19. The highest BCUT2D eigenvalue weighted by Gasteiger charge is 2.26. The van der Waals surface area contributed by atoms with Gasteiger partial charge in [-0.25, -0.2) is 4.98 Å². The van der Waals surface area contributed by atoms with E-state index in [0.29, 0.717) is 25.1 Å². The first kappa shape index (κ1) is 19.0. The number of nitrogens with one attached hydrogen (secondary N) is 2. The quantitative estimate of drug-likeness (QED) is 0.716. The minimum atomic E-state index is -0.237. The van der Waals surface area contributed by atoms with Crippen LogP contribution in [0.5, 0.6) is 0 Å². The van der Waals surface area contributed by atoms with Crippen molar-refractivity contribution in [1.29, 1.82) is 0 Å². The average molecular weight is 391 g/mol. The molecule has 0 spiro atoms. The van der Waals surface area contributed by atoms with Crippen molar-refractivity contribution in [3.05, 3.63) is 59.4 Å². The molecule has 29 heavy (non-hydrogen) atoms. The Morgan fingerprint density at radius 1 is 1.28 bits per heavy atom. The minimum Gasteiger partial charge on any atom is -0.373 e. The summed E-state index contributed by atoms with van der Waals surface area (Å²) in [5.41, 5.74) is 4.29. The minimum absolute atomic E-state index is 0.0681. The van der Waals surface area contributed by atoms with Gasteiger partial charge < -0.3 is 20.1 Å². The molecule has 0 unspecified atom stereocenters. The molecule has 0 aliphatic carbocycles. The predicted molar refractivity (Wildman–Crippen MR) is 113 cm³/mol. The number of anilines is 1. The number of fused-ring (bicyclic) bond motifs is 2. The van der Waals surface area contributed by atoms with Crippen molar-refractivity contribution >= 4 is 28.5 Å². The van der Waals surface area contributed by atoms with Crippen LogP contribution < -0.4 is 5.32 Å². The molecule has 0 bridgehead atoms. The summed E-state index contributed by atoms with van der Waals surface area (Å²) in [4.78, 5) is 36.6. The number of benzene rings is 2. The molecular weight excluding hydrogens is 366 g/mol. The SMILES string of the molecule is CC[C@@H]1Nc2ccc(C(=O)N(C)Cc3nc4ccccc4[nH]3)cc2CN(C)C1=O. The lowest BCUT2D eigenvalue weighted by atomic mass is 10.1. The molecule has 2 aromatic carbocycles. The summed E-state index contributed by atoms with van der Waals surface area (Å²) in [7, 11) is 3.56. The van der Waals surface area contributed by atoms with Crippen LogP contribution in [0.1, 0.15) is 35.1 Å². The van der Waals surface area contributed by atoms with E-state index in [9.17, 15) is 9.59 Å². The molecule has 2 amide bonds. The van der Waals surface area contributed by atoms with E-state index in [2.05, 4.69) is 15.3 Å². The number of amides is 2. The standard InChI is InChI=1S/C22H25N5O2/c1-4-16-22(29)26(2)12-15-11-14(9-10-17(15)23-16)21(28)27(3)13-20-24-18-7-5-6-8-19(18)25-20/h5-11,16,23H,4,12-13H2,1-3H3,(H,24,25)/t16-/m0/s1. The van der Waals surface area contributed by atoms with Gasteiger partial charge in [0.2, 0.25) is 5.91 Å². The molecule has 3 aromatic rings. The first-order valence-corrected chi connectivity index (χ1v) is 9.79. The van der Waals surface area contributed by atoms with E-state index < -0.39 is 0 Å². The third-order valence-corrected chi connectivity index (χ3v) is 5.34. The van der Waals surface area contributed by atoms with Crippen molar-refractivity contribution in [2.24, 2.45) is 0 Å². The monoisotopic (exact) mass is 391 g/mol. The maximum absolute atomic E-state index is 13.0. The smallest absolute Gasteiger partial charge is 0.254 e. The van der Waals surface area contributed by atoms with E-state index >= 15 is 0 Å². The summed E-state index contributed by atoms with van der Waals surface area (Å²) in [5.74, 6) is 0.728. The van der Waals surface area contributed by atoms with Gasteiger partial charge >= 0.3 is 0 Å². The molecule has 7 heteroatoms. The van der Waals surface area contributed by atoms with Crippen molar-refractivity contribution in [3.8, 4) is 0 Å². The summed E-state index contributed by atoms with van der Waals surface area (Å²) in [6, 6.07) is 13.1. The number of rotatable bonds is 4. The van der Waals surface area contributed by atoms with Crippen LogP contribution in [-0.4, -0.2) is 51.7 Å². The lowest BCUT2D eigenvalue weighted by Crippen LogP contribution is -2.37. The van der Waals surface area contributed by atoms with Crippen molar-refractivity contribution in [2.45, 2.75) is 32.5 Å². The van der Waals surface area contributed by atoms with E-state index in [0.717, 1.165) is 28.1 Å². The molecular formula is C22H25N5O2. The van der Waals surface area contributed by atoms with Gasteiger partial charge in [0.1, 0.15) is 11.9 Å². The van der Waals surface area contributed by atoms with Gasteiger partial charge in [0, 0.05) is 31.9 Å². The Kier molecular flexibility index (Phi) is 4.96. The van der Waals surface area contributed by atoms with Gasteiger partial charge in [0.25, 0.3) is 5.91 Å². The van der Waals surface area contributed by atoms with Crippen molar-refractivity contribution in [3.63, 3.8) is 0 Å². The zero-order valence-electron chi connectivity index (χ0n) is 16.9. The fourth-order valence-electron chi connectivity index (χ4n) is 3.72. The van der Waals surface area contributed by atoms with E-state index in [4.69, 9.17) is 0 Å². The molecule has 2 N–H and O–H groups in total. The first-order valence-electron chi connectivity index (χ1n) is 9.79. The highest BCUT2D eigenvalue weighted by atomic mass is 16.2. The van der Waals surface area contributed by atoms with Gasteiger partial charge in [-0.05, 0) is 42.3 Å². The van der Waals surface area contributed by atoms with Crippen LogP contribution in [0.25, 0.3) is 11.0 Å². The molecule has 0 saturated carbocycles. The Labute approximate surface area is 169 Å². The number of aromatic amines is 1. The van der Waals surface area contributed by atoms with Crippen LogP contribution in [0.15, 0.2) is 42.5 Å². The Hall–Kier alpha value is -3.35. The Bertz CT molecular complexity index is 1040. The summed E-state index contributed by atoms with van der Waals surface area (Å²) in [5, 5.41) is 3.31. The van der Waals surface area contributed by atoms with Crippen LogP contribution in [-0.2, 0) is 17.9 Å². The largest absolute Gasteiger partial charge is 0.373 e. The van der Waals surface area contributed by atoms with Gasteiger partial charge in [-0.2, -0.15) is 0 Å². The molecule has 0 saturated heterocycles. The fraction of sp³-hybridized carbons (Fsp3) is 0.318. The second-order valence-corrected chi connectivity index (χ2v) is 7.53. The number of carbonyl (C=O) groups is 2. The molecule has 0 fully saturated rings. The molecule has 2 heterocycles. The number of para-hydroxylation sites is 2. The number of likely N-dealkylation sites (N-methyl/N-ethyl adjacent to an activating group) is 1.